The Hall–Kier alpha value is -1.40. The van der Waals surface area contributed by atoms with Crippen LogP contribution in [0.1, 0.15) is 32.8 Å². The fraction of sp³-hybridized carbons (Fsp3) is 0.533. The van der Waals surface area contributed by atoms with Crippen LogP contribution in [0.4, 0.5) is 0 Å². The van der Waals surface area contributed by atoms with Crippen molar-refractivity contribution in [1.82, 2.24) is 9.62 Å². The number of hydrogen-bond acceptors (Lipinski definition) is 3. The molecule has 6 heteroatoms. The van der Waals surface area contributed by atoms with Gasteiger partial charge in [0.25, 0.3) is 0 Å². The van der Waals surface area contributed by atoms with E-state index in [9.17, 15) is 13.2 Å². The summed E-state index contributed by atoms with van der Waals surface area (Å²) in [6.07, 6.45) is 0.398. The molecule has 1 aromatic carbocycles. The molecule has 1 rings (SSSR count). The van der Waals surface area contributed by atoms with Crippen LogP contribution in [0.2, 0.25) is 0 Å². The minimum atomic E-state index is -3.51. The molecule has 1 aromatic rings. The molecule has 0 heterocycles. The third-order valence-electron chi connectivity index (χ3n) is 2.90. The third-order valence-corrected chi connectivity index (χ3v) is 4.81. The van der Waals surface area contributed by atoms with Gasteiger partial charge in [0.15, 0.2) is 0 Å². The second kappa shape index (κ2) is 6.58. The first-order valence-corrected chi connectivity index (χ1v) is 8.25. The average molecular weight is 312 g/mol. The Balaban J connectivity index is 2.89. The monoisotopic (exact) mass is 312 g/mol. The molecule has 5 nitrogen and oxygen atoms in total. The van der Waals surface area contributed by atoms with E-state index in [1.54, 1.807) is 24.3 Å². The fourth-order valence-electron chi connectivity index (χ4n) is 1.84. The molecule has 0 saturated heterocycles. The first-order valence-electron chi connectivity index (χ1n) is 6.81. The number of amides is 1. The normalized spacial score (nSPS) is 12.5. The van der Waals surface area contributed by atoms with Crippen molar-refractivity contribution in [1.29, 1.82) is 0 Å². The molecule has 0 saturated carbocycles. The van der Waals surface area contributed by atoms with Gasteiger partial charge < -0.3 is 5.32 Å². The van der Waals surface area contributed by atoms with Crippen LogP contribution in [-0.4, -0.2) is 32.7 Å². The lowest BCUT2D eigenvalue weighted by atomic mass is 9.92. The number of nitrogens with zero attached hydrogens (tertiary/aromatic N) is 1. The Morgan fingerprint density at radius 1 is 1.19 bits per heavy atom. The summed E-state index contributed by atoms with van der Waals surface area (Å²) in [4.78, 5) is 12.1. The summed E-state index contributed by atoms with van der Waals surface area (Å²) in [6, 6.07) is 6.71. The summed E-state index contributed by atoms with van der Waals surface area (Å²) in [5.41, 5.74) is 0.493. The topological polar surface area (TPSA) is 66.5 Å². The van der Waals surface area contributed by atoms with E-state index in [1.807, 2.05) is 20.8 Å². The first-order chi connectivity index (χ1) is 9.54. The Labute approximate surface area is 127 Å². The van der Waals surface area contributed by atoms with Crippen LogP contribution < -0.4 is 5.32 Å². The molecular weight excluding hydrogens is 288 g/mol. The van der Waals surface area contributed by atoms with Crippen molar-refractivity contribution < 1.29 is 13.2 Å². The van der Waals surface area contributed by atoms with Crippen molar-refractivity contribution in [3.63, 3.8) is 0 Å². The molecule has 0 fully saturated rings. The van der Waals surface area contributed by atoms with Crippen LogP contribution in [-0.2, 0) is 21.4 Å². The van der Waals surface area contributed by atoms with Gasteiger partial charge in [-0.2, -0.15) is 0 Å². The maximum Gasteiger partial charge on any atom is 0.242 e. The van der Waals surface area contributed by atoms with Gasteiger partial charge in [-0.1, -0.05) is 39.0 Å². The fourth-order valence-corrected chi connectivity index (χ4v) is 2.95. The molecule has 0 spiro atoms. The highest BCUT2D eigenvalue weighted by Gasteiger charge is 2.21. The van der Waals surface area contributed by atoms with Crippen LogP contribution in [0.5, 0.6) is 0 Å². The lowest BCUT2D eigenvalue weighted by Gasteiger charge is -2.18. The predicted molar refractivity (Wildman–Crippen MR) is 83.2 cm³/mol. The van der Waals surface area contributed by atoms with Gasteiger partial charge in [-0.3, -0.25) is 4.79 Å². The molecule has 0 aliphatic rings. The number of benzene rings is 1. The van der Waals surface area contributed by atoms with Gasteiger partial charge >= 0.3 is 0 Å². The summed E-state index contributed by atoms with van der Waals surface area (Å²) < 4.78 is 25.6. The molecule has 118 valence electrons. The second-order valence-corrected chi connectivity index (χ2v) is 8.53. The Kier molecular flexibility index (Phi) is 5.53. The first kappa shape index (κ1) is 17.7. The molecule has 0 aliphatic carbocycles. The maximum absolute atomic E-state index is 12.2. The van der Waals surface area contributed by atoms with Gasteiger partial charge in [-0.05, 0) is 17.0 Å². The zero-order chi connectivity index (χ0) is 16.3. The SMILES string of the molecule is CN(C)S(=O)(=O)c1ccccc1CNC(=O)CC(C)(C)C. The number of carbonyl (C=O) groups excluding carboxylic acids is 1. The minimum absolute atomic E-state index is 0.0837. The zero-order valence-electron chi connectivity index (χ0n) is 13.3. The van der Waals surface area contributed by atoms with E-state index >= 15 is 0 Å². The standard InChI is InChI=1S/C15H24N2O3S/c1-15(2,3)10-14(18)16-11-12-8-6-7-9-13(12)21(19,20)17(4)5/h6-9H,10-11H2,1-5H3,(H,16,18). The smallest absolute Gasteiger partial charge is 0.242 e. The highest BCUT2D eigenvalue weighted by atomic mass is 32.2. The van der Waals surface area contributed by atoms with Crippen molar-refractivity contribution >= 4 is 15.9 Å². The quantitative estimate of drug-likeness (QED) is 0.904. The van der Waals surface area contributed by atoms with Crippen molar-refractivity contribution in [3.8, 4) is 0 Å². The molecule has 0 atom stereocenters. The molecular formula is C15H24N2O3S. The number of nitrogens with one attached hydrogen (secondary N) is 1. The van der Waals surface area contributed by atoms with Crippen LogP contribution in [0.15, 0.2) is 29.2 Å². The van der Waals surface area contributed by atoms with Crippen LogP contribution in [0.25, 0.3) is 0 Å². The van der Waals surface area contributed by atoms with Crippen molar-refractivity contribution in [2.24, 2.45) is 5.41 Å². The summed E-state index contributed by atoms with van der Waals surface area (Å²) in [6.45, 7) is 6.16. The van der Waals surface area contributed by atoms with E-state index < -0.39 is 10.0 Å². The van der Waals surface area contributed by atoms with Crippen LogP contribution in [0.3, 0.4) is 0 Å². The number of rotatable bonds is 5. The number of carbonyl (C=O) groups is 1. The lowest BCUT2D eigenvalue weighted by molar-refractivity contribution is -0.122. The van der Waals surface area contributed by atoms with Gasteiger partial charge in [0.05, 0.1) is 4.90 Å². The average Bonchev–Trinajstić information content (AvgIpc) is 2.34. The predicted octanol–water partition coefficient (Wildman–Crippen LogP) is 1.99. The van der Waals surface area contributed by atoms with E-state index in [0.29, 0.717) is 12.0 Å². The number of hydrogen-bond donors (Lipinski definition) is 1. The van der Waals surface area contributed by atoms with Gasteiger partial charge in [0.1, 0.15) is 0 Å². The van der Waals surface area contributed by atoms with Crippen LogP contribution >= 0.6 is 0 Å². The molecule has 0 radical (unpaired) electrons. The van der Waals surface area contributed by atoms with E-state index in [0.717, 1.165) is 0 Å². The Bertz CT molecular complexity index is 602. The molecule has 0 unspecified atom stereocenters. The van der Waals surface area contributed by atoms with Gasteiger partial charge in [-0.15, -0.1) is 0 Å². The zero-order valence-corrected chi connectivity index (χ0v) is 14.1. The molecule has 21 heavy (non-hydrogen) atoms. The number of sulfonamides is 1. The van der Waals surface area contributed by atoms with Gasteiger partial charge in [0.2, 0.25) is 15.9 Å². The van der Waals surface area contributed by atoms with E-state index in [1.165, 1.54) is 18.4 Å². The molecule has 0 bridgehead atoms. The maximum atomic E-state index is 12.2. The van der Waals surface area contributed by atoms with Crippen molar-refractivity contribution in [3.05, 3.63) is 29.8 Å². The van der Waals surface area contributed by atoms with Crippen molar-refractivity contribution in [2.75, 3.05) is 14.1 Å². The minimum Gasteiger partial charge on any atom is -0.352 e. The van der Waals surface area contributed by atoms with Crippen LogP contribution in [0, 0.1) is 5.41 Å². The Morgan fingerprint density at radius 3 is 2.29 bits per heavy atom. The summed E-state index contributed by atoms with van der Waals surface area (Å²) in [7, 11) is -0.528. The van der Waals surface area contributed by atoms with E-state index in [4.69, 9.17) is 0 Å². The molecule has 1 amide bonds. The third kappa shape index (κ3) is 5.13. The highest BCUT2D eigenvalue weighted by Crippen LogP contribution is 2.20. The van der Waals surface area contributed by atoms with E-state index in [-0.39, 0.29) is 22.8 Å². The van der Waals surface area contributed by atoms with Crippen molar-refractivity contribution in [2.45, 2.75) is 38.6 Å². The summed E-state index contributed by atoms with van der Waals surface area (Å²) in [5.74, 6) is -0.0837. The highest BCUT2D eigenvalue weighted by molar-refractivity contribution is 7.89. The van der Waals surface area contributed by atoms with Gasteiger partial charge in [0, 0.05) is 27.1 Å². The Morgan fingerprint density at radius 2 is 1.76 bits per heavy atom. The van der Waals surface area contributed by atoms with E-state index in [2.05, 4.69) is 5.32 Å². The largest absolute Gasteiger partial charge is 0.352 e. The summed E-state index contributed by atoms with van der Waals surface area (Å²) in [5, 5.41) is 2.79. The van der Waals surface area contributed by atoms with Gasteiger partial charge in [-0.25, -0.2) is 12.7 Å². The molecule has 1 N–H and O–H groups in total. The lowest BCUT2D eigenvalue weighted by Crippen LogP contribution is -2.29. The summed E-state index contributed by atoms with van der Waals surface area (Å²) >= 11 is 0. The molecule has 0 aliphatic heterocycles. The second-order valence-electron chi connectivity index (χ2n) is 6.41. The molecule has 0 aromatic heterocycles.